The zero-order valence-electron chi connectivity index (χ0n) is 12.8. The van der Waals surface area contributed by atoms with Gasteiger partial charge in [0.05, 0.1) is 14.2 Å². The van der Waals surface area contributed by atoms with Crippen LogP contribution in [0.3, 0.4) is 0 Å². The zero-order valence-corrected chi connectivity index (χ0v) is 13.5. The number of aromatic nitrogens is 1. The van der Waals surface area contributed by atoms with Gasteiger partial charge in [0.2, 0.25) is 5.69 Å². The molecule has 0 atom stereocenters. The van der Waals surface area contributed by atoms with E-state index in [0.717, 1.165) is 38.6 Å². The zero-order chi connectivity index (χ0) is 15.7. The van der Waals surface area contributed by atoms with Crippen LogP contribution in [0.5, 0.6) is 11.5 Å². The van der Waals surface area contributed by atoms with Crippen molar-refractivity contribution in [1.82, 2.24) is 0 Å². The molecule has 0 saturated heterocycles. The summed E-state index contributed by atoms with van der Waals surface area (Å²) in [6.45, 7) is 0. The van der Waals surface area contributed by atoms with E-state index in [2.05, 4.69) is 16.8 Å². The van der Waals surface area contributed by atoms with Crippen LogP contribution in [0.15, 0.2) is 48.7 Å². The van der Waals surface area contributed by atoms with Crippen LogP contribution in [0.1, 0.15) is 0 Å². The molecule has 1 aromatic heterocycles. The summed E-state index contributed by atoms with van der Waals surface area (Å²) in [5.74, 6) is 1.46. The third-order valence-corrected chi connectivity index (χ3v) is 3.99. The third-order valence-electron chi connectivity index (χ3n) is 3.73. The molecule has 0 fully saturated rings. The second-order valence-electron chi connectivity index (χ2n) is 5.11. The van der Waals surface area contributed by atoms with Crippen molar-refractivity contribution in [2.24, 2.45) is 7.05 Å². The Bertz CT molecular complexity index is 829. The maximum atomic E-state index is 5.97. The van der Waals surface area contributed by atoms with Gasteiger partial charge in [-0.2, -0.15) is 0 Å². The lowest BCUT2D eigenvalue weighted by Crippen LogP contribution is -2.30. The molecule has 0 radical (unpaired) electrons. The van der Waals surface area contributed by atoms with Crippen molar-refractivity contribution in [2.45, 2.75) is 0 Å². The normalized spacial score (nSPS) is 10.7. The van der Waals surface area contributed by atoms with Crippen molar-refractivity contribution in [2.75, 3.05) is 14.2 Å². The fraction of sp³-hybridized carbons (Fsp3) is 0.167. The molecule has 22 heavy (non-hydrogen) atoms. The molecule has 0 aliphatic heterocycles. The molecule has 3 aromatic rings. The maximum Gasteiger partial charge on any atom is 0.212 e. The number of halogens is 1. The first-order valence-corrected chi connectivity index (χ1v) is 7.31. The Morgan fingerprint density at radius 2 is 1.45 bits per heavy atom. The number of hydrogen-bond donors (Lipinski definition) is 0. The lowest BCUT2D eigenvalue weighted by atomic mass is 10.1. The smallest absolute Gasteiger partial charge is 0.212 e. The molecule has 0 amide bonds. The fourth-order valence-corrected chi connectivity index (χ4v) is 2.71. The Kier molecular flexibility index (Phi) is 3.90. The van der Waals surface area contributed by atoms with Gasteiger partial charge in [0.25, 0.3) is 0 Å². The quantitative estimate of drug-likeness (QED) is 0.682. The van der Waals surface area contributed by atoms with Crippen LogP contribution in [0.2, 0.25) is 5.02 Å². The van der Waals surface area contributed by atoms with Gasteiger partial charge in [-0.3, -0.25) is 0 Å². The van der Waals surface area contributed by atoms with Crippen LogP contribution < -0.4 is 14.0 Å². The number of nitrogens with zero attached hydrogens (tertiary/aromatic N) is 1. The minimum Gasteiger partial charge on any atom is -0.493 e. The number of methoxy groups -OCH3 is 2. The number of pyridine rings is 1. The Hall–Kier alpha value is -2.26. The predicted octanol–water partition coefficient (Wildman–Crippen LogP) is 4.00. The van der Waals surface area contributed by atoms with E-state index in [4.69, 9.17) is 21.1 Å². The minimum absolute atomic E-state index is 0.728. The van der Waals surface area contributed by atoms with Crippen LogP contribution >= 0.6 is 11.6 Å². The Balaban J connectivity index is 2.20. The summed E-state index contributed by atoms with van der Waals surface area (Å²) in [6.07, 6.45) is 2.08. The molecule has 0 N–H and O–H groups in total. The van der Waals surface area contributed by atoms with Gasteiger partial charge < -0.3 is 9.47 Å². The number of fused-ring (bicyclic) bond motifs is 1. The summed E-state index contributed by atoms with van der Waals surface area (Å²) in [7, 11) is 5.32. The van der Waals surface area contributed by atoms with Gasteiger partial charge in [0.1, 0.15) is 7.05 Å². The Morgan fingerprint density at radius 3 is 2.05 bits per heavy atom. The average Bonchev–Trinajstić information content (AvgIpc) is 2.54. The van der Waals surface area contributed by atoms with Crippen LogP contribution in [0, 0.1) is 0 Å². The van der Waals surface area contributed by atoms with Gasteiger partial charge >= 0.3 is 0 Å². The summed E-state index contributed by atoms with van der Waals surface area (Å²) < 4.78 is 12.8. The van der Waals surface area contributed by atoms with E-state index < -0.39 is 0 Å². The number of ether oxygens (including phenoxy) is 2. The van der Waals surface area contributed by atoms with Gasteiger partial charge in [-0.1, -0.05) is 11.6 Å². The van der Waals surface area contributed by atoms with Crippen LogP contribution in [-0.2, 0) is 7.05 Å². The van der Waals surface area contributed by atoms with Crippen LogP contribution in [0.25, 0.3) is 22.0 Å². The summed E-state index contributed by atoms with van der Waals surface area (Å²) in [5.41, 5.74) is 2.22. The van der Waals surface area contributed by atoms with Crippen molar-refractivity contribution >= 4 is 22.4 Å². The SMILES string of the molecule is COc1cc2cc(-c3ccc(Cl)cc3)[n+](C)cc2cc1OC. The average molecular weight is 315 g/mol. The van der Waals surface area contributed by atoms with Gasteiger partial charge in [-0.05, 0) is 41.8 Å². The second-order valence-corrected chi connectivity index (χ2v) is 5.55. The van der Waals surface area contributed by atoms with Crippen LogP contribution in [0.4, 0.5) is 0 Å². The molecular formula is C18H17ClNO2+. The largest absolute Gasteiger partial charge is 0.493 e. The molecule has 0 spiro atoms. The molecule has 3 nitrogen and oxygen atoms in total. The summed E-state index contributed by atoms with van der Waals surface area (Å²) in [6, 6.07) is 14.0. The van der Waals surface area contributed by atoms with Gasteiger partial charge in [-0.15, -0.1) is 0 Å². The Labute approximate surface area is 134 Å². The van der Waals surface area contributed by atoms with Crippen molar-refractivity contribution in [3.8, 4) is 22.8 Å². The topological polar surface area (TPSA) is 22.3 Å². The van der Waals surface area contributed by atoms with E-state index in [1.54, 1.807) is 14.2 Å². The van der Waals surface area contributed by atoms with Crippen molar-refractivity contribution < 1.29 is 14.0 Å². The first kappa shape index (κ1) is 14.7. The molecule has 1 heterocycles. The lowest BCUT2D eigenvalue weighted by Gasteiger charge is -2.09. The molecule has 0 saturated carbocycles. The van der Waals surface area contributed by atoms with Crippen molar-refractivity contribution in [3.63, 3.8) is 0 Å². The molecule has 0 aliphatic carbocycles. The monoisotopic (exact) mass is 314 g/mol. The van der Waals surface area contributed by atoms with Gasteiger partial charge in [0, 0.05) is 22.0 Å². The number of rotatable bonds is 3. The van der Waals surface area contributed by atoms with E-state index in [0.29, 0.717) is 0 Å². The Morgan fingerprint density at radius 1 is 0.864 bits per heavy atom. The minimum atomic E-state index is 0.728. The molecule has 3 rings (SSSR count). The highest BCUT2D eigenvalue weighted by Crippen LogP contribution is 2.33. The highest BCUT2D eigenvalue weighted by Gasteiger charge is 2.14. The van der Waals surface area contributed by atoms with E-state index in [1.165, 1.54) is 0 Å². The summed E-state index contributed by atoms with van der Waals surface area (Å²) in [5, 5.41) is 2.93. The number of hydrogen-bond acceptors (Lipinski definition) is 2. The number of benzene rings is 2. The van der Waals surface area contributed by atoms with Crippen molar-refractivity contribution in [3.05, 3.63) is 53.7 Å². The second kappa shape index (κ2) is 5.85. The molecule has 0 bridgehead atoms. The first-order chi connectivity index (χ1) is 10.6. The molecule has 0 aliphatic rings. The standard InChI is InChI=1S/C18H17ClNO2/c1-20-11-14-10-18(22-3)17(21-2)9-13(14)8-16(20)12-4-6-15(19)7-5-12/h4-11H,1-3H3/q+1. The number of aryl methyl sites for hydroxylation is 1. The molecule has 4 heteroatoms. The van der Waals surface area contributed by atoms with E-state index in [1.807, 2.05) is 43.4 Å². The van der Waals surface area contributed by atoms with E-state index >= 15 is 0 Å². The van der Waals surface area contributed by atoms with E-state index in [-0.39, 0.29) is 0 Å². The van der Waals surface area contributed by atoms with E-state index in [9.17, 15) is 0 Å². The molecule has 2 aromatic carbocycles. The molecule has 112 valence electrons. The fourth-order valence-electron chi connectivity index (χ4n) is 2.58. The molecule has 0 unspecified atom stereocenters. The molecular weight excluding hydrogens is 298 g/mol. The van der Waals surface area contributed by atoms with Gasteiger partial charge in [-0.25, -0.2) is 4.57 Å². The summed E-state index contributed by atoms with van der Waals surface area (Å²) >= 11 is 5.97. The van der Waals surface area contributed by atoms with Gasteiger partial charge in [0.15, 0.2) is 17.7 Å². The third kappa shape index (κ3) is 2.60. The summed E-state index contributed by atoms with van der Waals surface area (Å²) in [4.78, 5) is 0. The lowest BCUT2D eigenvalue weighted by molar-refractivity contribution is -0.659. The predicted molar refractivity (Wildman–Crippen MR) is 88.7 cm³/mol. The van der Waals surface area contributed by atoms with Crippen molar-refractivity contribution in [1.29, 1.82) is 0 Å². The first-order valence-electron chi connectivity index (χ1n) is 6.93. The van der Waals surface area contributed by atoms with Crippen LogP contribution in [-0.4, -0.2) is 14.2 Å². The maximum absolute atomic E-state index is 5.97. The highest BCUT2D eigenvalue weighted by molar-refractivity contribution is 6.30. The highest BCUT2D eigenvalue weighted by atomic mass is 35.5.